The van der Waals surface area contributed by atoms with E-state index in [0.717, 1.165) is 0 Å². The molecule has 108 valence electrons. The van der Waals surface area contributed by atoms with Gasteiger partial charge in [-0.05, 0) is 47.5 Å². The zero-order valence-corrected chi connectivity index (χ0v) is 12.7. The van der Waals surface area contributed by atoms with Gasteiger partial charge in [-0.1, -0.05) is 0 Å². The number of nitrogens with two attached hydrogens (primary N) is 2. The Hall–Kier alpha value is -1.58. The highest BCUT2D eigenvalue weighted by atomic mass is 79.9. The molecule has 0 spiro atoms. The van der Waals surface area contributed by atoms with E-state index in [1.54, 1.807) is 6.07 Å². The number of guanidine groups is 1. The van der Waals surface area contributed by atoms with Crippen molar-refractivity contribution in [1.82, 2.24) is 0 Å². The Morgan fingerprint density at radius 1 is 1.40 bits per heavy atom. The van der Waals surface area contributed by atoms with E-state index in [4.69, 9.17) is 16.2 Å². The van der Waals surface area contributed by atoms with Crippen LogP contribution in [-0.4, -0.2) is 35.4 Å². The van der Waals surface area contributed by atoms with Crippen LogP contribution in [-0.2, 0) is 0 Å². The maximum absolute atomic E-state index is 9.42. The van der Waals surface area contributed by atoms with Crippen molar-refractivity contribution in [2.45, 2.75) is 20.0 Å². The van der Waals surface area contributed by atoms with Crippen LogP contribution in [0.1, 0.15) is 19.4 Å². The van der Waals surface area contributed by atoms with Gasteiger partial charge in [0.25, 0.3) is 0 Å². The van der Waals surface area contributed by atoms with Crippen molar-refractivity contribution in [3.05, 3.63) is 22.2 Å². The van der Waals surface area contributed by atoms with E-state index in [-0.39, 0.29) is 17.5 Å². The smallest absolute Gasteiger partial charge is 0.490 e. The van der Waals surface area contributed by atoms with Crippen LogP contribution in [0.3, 0.4) is 0 Å². The Morgan fingerprint density at radius 3 is 2.55 bits per heavy atom. The summed E-state index contributed by atoms with van der Waals surface area (Å²) in [6, 6.07) is 3.23. The molecule has 0 unspecified atom stereocenters. The van der Waals surface area contributed by atoms with E-state index < -0.39 is 7.12 Å². The van der Waals surface area contributed by atoms with Crippen LogP contribution in [0.25, 0.3) is 0 Å². The lowest BCUT2D eigenvalue weighted by molar-refractivity contribution is 0.242. The zero-order chi connectivity index (χ0) is 15.3. The molecule has 0 aliphatic carbocycles. The molecule has 0 aromatic heterocycles. The van der Waals surface area contributed by atoms with Crippen molar-refractivity contribution in [2.75, 3.05) is 0 Å². The molecule has 0 amide bonds. The number of halogens is 1. The Balaban J connectivity index is 3.19. The minimum absolute atomic E-state index is 0.107. The highest BCUT2D eigenvalue weighted by molar-refractivity contribution is 9.10. The number of nitrogens with zero attached hydrogens (tertiary/aromatic N) is 2. The summed E-state index contributed by atoms with van der Waals surface area (Å²) in [5, 5.41) is 26.0. The van der Waals surface area contributed by atoms with Crippen molar-refractivity contribution < 1.29 is 14.8 Å². The van der Waals surface area contributed by atoms with Crippen LogP contribution >= 0.6 is 15.9 Å². The molecular formula is C11H16BBrN4O3. The van der Waals surface area contributed by atoms with E-state index in [0.29, 0.717) is 15.8 Å². The van der Waals surface area contributed by atoms with Crippen LogP contribution in [0.2, 0.25) is 0 Å². The first-order valence-electron chi connectivity index (χ1n) is 5.79. The van der Waals surface area contributed by atoms with E-state index in [9.17, 15) is 10.0 Å². The highest BCUT2D eigenvalue weighted by Gasteiger charge is 2.21. The molecule has 0 aliphatic heterocycles. The normalized spacial score (nSPS) is 10.9. The second-order valence-corrected chi connectivity index (χ2v) is 5.09. The number of hydrogen-bond acceptors (Lipinski definition) is 5. The maximum atomic E-state index is 9.42. The lowest BCUT2D eigenvalue weighted by Crippen LogP contribution is -2.33. The number of hydrogen-bond donors (Lipinski definition) is 4. The van der Waals surface area contributed by atoms with Crippen LogP contribution in [0.4, 0.5) is 0 Å². The fourth-order valence-electron chi connectivity index (χ4n) is 1.43. The standard InChI is InChI=1S/C11H16BBrN4O3/c1-6(2)20-10-8(12(18)19)3-7(4-9(10)13)5-16-17-11(14)15/h3-6,18-19H,1-2H3,(H4,14,15,17). The van der Waals surface area contributed by atoms with Crippen LogP contribution in [0.15, 0.2) is 26.8 Å². The second-order valence-electron chi connectivity index (χ2n) is 4.23. The Bertz CT molecular complexity index is 531. The minimum Gasteiger partial charge on any atom is -0.490 e. The average molecular weight is 343 g/mol. The summed E-state index contributed by atoms with van der Waals surface area (Å²) in [4.78, 5) is 0. The molecule has 0 saturated heterocycles. The van der Waals surface area contributed by atoms with E-state index >= 15 is 0 Å². The summed E-state index contributed by atoms with van der Waals surface area (Å²) in [6.07, 6.45) is 1.28. The molecule has 0 saturated carbocycles. The summed E-state index contributed by atoms with van der Waals surface area (Å²) in [7, 11) is -1.67. The third-order valence-electron chi connectivity index (χ3n) is 2.11. The topological polar surface area (TPSA) is 126 Å². The molecule has 1 rings (SSSR count). The predicted octanol–water partition coefficient (Wildman–Crippen LogP) is -0.477. The monoisotopic (exact) mass is 342 g/mol. The fourth-order valence-corrected chi connectivity index (χ4v) is 2.01. The number of ether oxygens (including phenoxy) is 1. The molecular weight excluding hydrogens is 327 g/mol. The SMILES string of the molecule is CC(C)Oc1c(Br)cc(C=NN=C(N)N)cc1B(O)O. The van der Waals surface area contributed by atoms with Gasteiger partial charge in [0.05, 0.1) is 16.8 Å². The minimum atomic E-state index is -1.67. The molecule has 0 fully saturated rings. The average Bonchev–Trinajstić information content (AvgIpc) is 2.30. The quantitative estimate of drug-likeness (QED) is 0.249. The van der Waals surface area contributed by atoms with E-state index in [2.05, 4.69) is 26.1 Å². The van der Waals surface area contributed by atoms with Crippen molar-refractivity contribution in [3.63, 3.8) is 0 Å². The third-order valence-corrected chi connectivity index (χ3v) is 2.70. The van der Waals surface area contributed by atoms with Crippen molar-refractivity contribution >= 4 is 40.7 Å². The summed E-state index contributed by atoms with van der Waals surface area (Å²) >= 11 is 3.32. The summed E-state index contributed by atoms with van der Waals surface area (Å²) < 4.78 is 6.13. The van der Waals surface area contributed by atoms with Crippen molar-refractivity contribution in [1.29, 1.82) is 0 Å². The molecule has 0 radical (unpaired) electrons. The van der Waals surface area contributed by atoms with Crippen molar-refractivity contribution in [3.8, 4) is 5.75 Å². The van der Waals surface area contributed by atoms with Gasteiger partial charge in [-0.3, -0.25) is 0 Å². The highest BCUT2D eigenvalue weighted by Crippen LogP contribution is 2.25. The molecule has 0 heterocycles. The Kier molecular flexibility index (Phi) is 5.99. The van der Waals surface area contributed by atoms with Crippen LogP contribution < -0.4 is 21.7 Å². The first kappa shape index (κ1) is 16.5. The van der Waals surface area contributed by atoms with Crippen molar-refractivity contribution in [2.24, 2.45) is 21.7 Å². The lowest BCUT2D eigenvalue weighted by atomic mass is 9.78. The molecule has 1 aromatic rings. The number of rotatable bonds is 5. The Morgan fingerprint density at radius 2 is 2.05 bits per heavy atom. The van der Waals surface area contributed by atoms with Gasteiger partial charge in [0.2, 0.25) is 5.96 Å². The molecule has 0 bridgehead atoms. The van der Waals surface area contributed by atoms with Crippen LogP contribution in [0, 0.1) is 0 Å². The van der Waals surface area contributed by atoms with Gasteiger partial charge in [-0.2, -0.15) is 5.10 Å². The first-order chi connectivity index (χ1) is 9.31. The summed E-state index contributed by atoms with van der Waals surface area (Å²) in [6.45, 7) is 3.68. The molecule has 20 heavy (non-hydrogen) atoms. The predicted molar refractivity (Wildman–Crippen MR) is 83.1 cm³/mol. The van der Waals surface area contributed by atoms with Gasteiger partial charge < -0.3 is 26.3 Å². The maximum Gasteiger partial charge on any atom is 0.492 e. The molecule has 6 N–H and O–H groups in total. The van der Waals surface area contributed by atoms with Gasteiger partial charge in [0, 0.05) is 5.46 Å². The van der Waals surface area contributed by atoms with Gasteiger partial charge in [0.1, 0.15) is 5.75 Å². The lowest BCUT2D eigenvalue weighted by Gasteiger charge is -2.16. The van der Waals surface area contributed by atoms with Gasteiger partial charge in [-0.25, -0.2) is 0 Å². The van der Waals surface area contributed by atoms with Gasteiger partial charge in [-0.15, -0.1) is 5.10 Å². The summed E-state index contributed by atoms with van der Waals surface area (Å²) in [5.74, 6) is 0.205. The van der Waals surface area contributed by atoms with Crippen LogP contribution in [0.5, 0.6) is 5.75 Å². The molecule has 1 aromatic carbocycles. The first-order valence-corrected chi connectivity index (χ1v) is 6.58. The van der Waals surface area contributed by atoms with Gasteiger partial charge in [0.15, 0.2) is 0 Å². The number of benzene rings is 1. The van der Waals surface area contributed by atoms with Gasteiger partial charge >= 0.3 is 7.12 Å². The second kappa shape index (κ2) is 7.27. The molecule has 0 aliphatic rings. The molecule has 0 atom stereocenters. The zero-order valence-electron chi connectivity index (χ0n) is 11.1. The molecule has 7 nitrogen and oxygen atoms in total. The fraction of sp³-hybridized carbons (Fsp3) is 0.273. The Labute approximate surface area is 125 Å². The largest absolute Gasteiger partial charge is 0.492 e. The molecule has 9 heteroatoms. The summed E-state index contributed by atoms with van der Waals surface area (Å²) in [5.41, 5.74) is 11.1. The van der Waals surface area contributed by atoms with E-state index in [1.807, 2.05) is 13.8 Å². The van der Waals surface area contributed by atoms with E-state index in [1.165, 1.54) is 12.3 Å². The third kappa shape index (κ3) is 4.84.